The molecule has 0 aliphatic rings. The summed E-state index contributed by atoms with van der Waals surface area (Å²) in [5.74, 6) is 2.24. The molecule has 0 fully saturated rings. The molecule has 99 heavy (non-hydrogen) atoms. The van der Waals surface area contributed by atoms with Gasteiger partial charge in [0, 0.05) is 23.0 Å². The molecular weight excluding hydrogens is 1200 g/mol. The summed E-state index contributed by atoms with van der Waals surface area (Å²) in [5.41, 5.74) is 27.4. The molecule has 0 aliphatic heterocycles. The molecule has 0 amide bonds. The van der Waals surface area contributed by atoms with Crippen LogP contribution < -0.4 is 9.30 Å². The first-order chi connectivity index (χ1) is 48.7. The lowest BCUT2D eigenvalue weighted by atomic mass is 9.88. The maximum atomic E-state index is 7.10. The van der Waals surface area contributed by atoms with Gasteiger partial charge in [-0.25, -0.2) is 4.98 Å². The molecule has 470 valence electrons. The molecule has 3 heterocycles. The molecule has 0 atom stereocenters. The second-order valence-electron chi connectivity index (χ2n) is 26.6. The van der Waals surface area contributed by atoms with E-state index in [1.54, 1.807) is 0 Å². The third-order valence-electron chi connectivity index (χ3n) is 19.1. The highest BCUT2D eigenvalue weighted by molar-refractivity contribution is 6.11. The predicted octanol–water partition coefficient (Wildman–Crippen LogP) is 24.3. The summed E-state index contributed by atoms with van der Waals surface area (Å²) < 4.78 is 13.9. The molecular formula is C94H68N4O. The van der Waals surface area contributed by atoms with E-state index in [0.29, 0.717) is 11.5 Å². The Morgan fingerprint density at radius 1 is 0.313 bits per heavy atom. The molecule has 0 N–H and O–H groups in total. The third-order valence-corrected chi connectivity index (χ3v) is 19.1. The zero-order valence-electron chi connectivity index (χ0n) is 55.3. The van der Waals surface area contributed by atoms with Gasteiger partial charge in [0.05, 0.1) is 33.4 Å². The summed E-state index contributed by atoms with van der Waals surface area (Å²) in [4.78, 5) is 5.10. The lowest BCUT2D eigenvalue weighted by Crippen LogP contribution is -2.31. The number of rotatable bonds is 14. The molecule has 5 heteroatoms. The van der Waals surface area contributed by atoms with E-state index in [9.17, 15) is 0 Å². The van der Waals surface area contributed by atoms with Gasteiger partial charge >= 0.3 is 0 Å². The Balaban J connectivity index is 0.814. The fraction of sp³-hybridized carbons (Fsp3) is 0.0426. The minimum atomic E-state index is -0.0985. The quantitative estimate of drug-likeness (QED) is 0.0803. The van der Waals surface area contributed by atoms with Gasteiger partial charge in [0.25, 0.3) is 6.33 Å². The number of ether oxygens (including phenoxy) is 1. The highest BCUT2D eigenvalue weighted by Crippen LogP contribution is 2.44. The summed E-state index contributed by atoms with van der Waals surface area (Å²) in [5, 5.41) is 2.22. The van der Waals surface area contributed by atoms with Crippen molar-refractivity contribution in [2.75, 3.05) is 0 Å². The molecule has 0 saturated heterocycles. The van der Waals surface area contributed by atoms with Gasteiger partial charge in [-0.2, -0.15) is 0 Å². The van der Waals surface area contributed by atoms with Crippen LogP contribution >= 0.6 is 0 Å². The average molecular weight is 1270 g/mol. The Kier molecular flexibility index (Phi) is 15.4. The van der Waals surface area contributed by atoms with Crippen LogP contribution in [-0.4, -0.2) is 14.1 Å². The molecule has 14 aromatic carbocycles. The van der Waals surface area contributed by atoms with Gasteiger partial charge < -0.3 is 4.74 Å². The largest absolute Gasteiger partial charge is 0.458 e. The Hall–Kier alpha value is -12.7. The number of imidazole rings is 1. The SMILES string of the molecule is CC(C)(C)c1ccnc(-n2c3ccc(-c4cc(-c5ccccc5)cc(-c5ccccc5)c4)cc3c3ccc(Oc4cccc(-n5[c-][n+](-c6c(-c7cc(-c8ccccc8)cc(-c8ccccc8)c7)cccc6-c6cc(-c7ccccc7)cc(-c7ccccc7)c6)c6ccccc65)c4)cc32)c1. The van der Waals surface area contributed by atoms with E-state index in [0.717, 1.165) is 128 Å². The van der Waals surface area contributed by atoms with Crippen LogP contribution in [0.4, 0.5) is 0 Å². The fourth-order valence-electron chi connectivity index (χ4n) is 14.1. The summed E-state index contributed by atoms with van der Waals surface area (Å²) >= 11 is 0. The number of nitrogens with zero attached hydrogens (tertiary/aromatic N) is 4. The Morgan fingerprint density at radius 3 is 1.23 bits per heavy atom. The molecule has 0 aliphatic carbocycles. The molecule has 3 aromatic heterocycles. The average Bonchev–Trinajstić information content (AvgIpc) is 1.61. The van der Waals surface area contributed by atoms with Crippen molar-refractivity contribution in [1.82, 2.24) is 14.1 Å². The number of para-hydroxylation sites is 3. The Labute approximate surface area is 577 Å². The summed E-state index contributed by atoms with van der Waals surface area (Å²) in [6.45, 7) is 6.76. The van der Waals surface area contributed by atoms with Gasteiger partial charge in [-0.15, -0.1) is 0 Å². The van der Waals surface area contributed by atoms with Gasteiger partial charge in [-0.05, 0) is 220 Å². The standard InChI is InChI=1S/C94H68N4O/c1-94(2,3)80-48-49-95-92(60-80)98-88-47-44-70(77-53-71(64-26-10-4-11-27-64)50-72(54-77)65-28-12-5-13-29-65)59-87(88)86-46-45-83(62-91(86)98)99-82-39-24-38-81(61-82)96-63-97(90-43-23-22-42-89(90)96)93-84(78-55-73(66-30-14-6-15-31-66)51-74(56-78)67-32-16-7-17-33-67)40-25-41-85(93)79-57-75(68-34-18-8-19-35-68)52-76(58-79)69-36-20-9-21-37-69/h4-62H,1-3H3. The van der Waals surface area contributed by atoms with E-state index in [2.05, 4.69) is 387 Å². The first-order valence-corrected chi connectivity index (χ1v) is 33.9. The number of aromatic nitrogens is 4. The maximum Gasteiger partial charge on any atom is 0.269 e. The van der Waals surface area contributed by atoms with Crippen molar-refractivity contribution in [3.63, 3.8) is 0 Å². The zero-order valence-corrected chi connectivity index (χ0v) is 55.3. The summed E-state index contributed by atoms with van der Waals surface area (Å²) in [6.07, 6.45) is 5.95. The lowest BCUT2D eigenvalue weighted by molar-refractivity contribution is -0.571. The van der Waals surface area contributed by atoms with Crippen LogP contribution in [0.25, 0.3) is 150 Å². The van der Waals surface area contributed by atoms with Crippen LogP contribution in [0.1, 0.15) is 26.3 Å². The molecule has 5 nitrogen and oxygen atoms in total. The summed E-state index contributed by atoms with van der Waals surface area (Å²) in [6, 6.07) is 127. The van der Waals surface area contributed by atoms with Crippen molar-refractivity contribution in [2.45, 2.75) is 26.2 Å². The van der Waals surface area contributed by atoms with E-state index in [4.69, 9.17) is 9.72 Å². The number of benzene rings is 14. The van der Waals surface area contributed by atoms with Gasteiger partial charge in [-0.3, -0.25) is 13.7 Å². The fourth-order valence-corrected chi connectivity index (χ4v) is 14.1. The topological polar surface area (TPSA) is 35.9 Å². The zero-order chi connectivity index (χ0) is 66.4. The summed E-state index contributed by atoms with van der Waals surface area (Å²) in [7, 11) is 0. The van der Waals surface area contributed by atoms with Gasteiger partial charge in [0.15, 0.2) is 0 Å². The van der Waals surface area contributed by atoms with Crippen molar-refractivity contribution in [2.24, 2.45) is 0 Å². The van der Waals surface area contributed by atoms with Crippen molar-refractivity contribution in [3.8, 4) is 129 Å². The van der Waals surface area contributed by atoms with Gasteiger partial charge in [0.2, 0.25) is 0 Å². The maximum absolute atomic E-state index is 7.10. The van der Waals surface area contributed by atoms with Crippen molar-refractivity contribution < 1.29 is 9.30 Å². The van der Waals surface area contributed by atoms with Crippen molar-refractivity contribution in [3.05, 3.63) is 370 Å². The number of hydrogen-bond acceptors (Lipinski definition) is 2. The van der Waals surface area contributed by atoms with Crippen LogP contribution in [0.5, 0.6) is 11.5 Å². The van der Waals surface area contributed by atoms with Gasteiger partial charge in [0.1, 0.15) is 17.3 Å². The molecule has 0 saturated carbocycles. The second kappa shape index (κ2) is 25.5. The van der Waals surface area contributed by atoms with Crippen LogP contribution in [-0.2, 0) is 5.41 Å². The van der Waals surface area contributed by atoms with Crippen LogP contribution in [0.3, 0.4) is 0 Å². The van der Waals surface area contributed by atoms with E-state index in [1.807, 2.05) is 12.3 Å². The van der Waals surface area contributed by atoms with Crippen molar-refractivity contribution >= 4 is 32.8 Å². The van der Waals surface area contributed by atoms with E-state index in [-0.39, 0.29) is 5.41 Å². The molecule has 17 aromatic rings. The molecule has 0 unspecified atom stereocenters. The smallest absolute Gasteiger partial charge is 0.269 e. The van der Waals surface area contributed by atoms with Crippen LogP contribution in [0.2, 0.25) is 0 Å². The molecule has 0 radical (unpaired) electrons. The van der Waals surface area contributed by atoms with E-state index >= 15 is 0 Å². The minimum absolute atomic E-state index is 0.0985. The normalized spacial score (nSPS) is 11.6. The number of fused-ring (bicyclic) bond motifs is 4. The predicted molar refractivity (Wildman–Crippen MR) is 410 cm³/mol. The van der Waals surface area contributed by atoms with E-state index in [1.165, 1.54) is 27.8 Å². The monoisotopic (exact) mass is 1270 g/mol. The highest BCUT2D eigenvalue weighted by atomic mass is 16.5. The first-order valence-electron chi connectivity index (χ1n) is 33.9. The number of hydrogen-bond donors (Lipinski definition) is 0. The first kappa shape index (κ1) is 60.0. The van der Waals surface area contributed by atoms with E-state index < -0.39 is 0 Å². The molecule has 0 bridgehead atoms. The highest BCUT2D eigenvalue weighted by Gasteiger charge is 2.24. The molecule has 17 rings (SSSR count). The van der Waals surface area contributed by atoms with Gasteiger partial charge in [-0.1, -0.05) is 257 Å². The lowest BCUT2D eigenvalue weighted by Gasteiger charge is -2.20. The number of pyridine rings is 1. The minimum Gasteiger partial charge on any atom is -0.458 e. The van der Waals surface area contributed by atoms with Crippen LogP contribution in [0.15, 0.2) is 358 Å². The Bertz CT molecular complexity index is 5520. The van der Waals surface area contributed by atoms with Crippen LogP contribution in [0, 0.1) is 6.33 Å². The van der Waals surface area contributed by atoms with Crippen molar-refractivity contribution in [1.29, 1.82) is 0 Å². The Morgan fingerprint density at radius 2 is 0.747 bits per heavy atom. The second-order valence-corrected chi connectivity index (χ2v) is 26.6. The third kappa shape index (κ3) is 11.8. The molecule has 0 spiro atoms.